The Bertz CT molecular complexity index is 1230. The Balaban J connectivity index is 1.98. The lowest BCUT2D eigenvalue weighted by molar-refractivity contribution is -0.113. The van der Waals surface area contributed by atoms with E-state index in [0.717, 1.165) is 10.1 Å². The molecule has 8 nitrogen and oxygen atoms in total. The lowest BCUT2D eigenvalue weighted by atomic mass is 10.0. The Labute approximate surface area is 177 Å². The predicted molar refractivity (Wildman–Crippen MR) is 119 cm³/mol. The molecule has 9 heteroatoms. The van der Waals surface area contributed by atoms with E-state index in [2.05, 4.69) is 10.3 Å². The van der Waals surface area contributed by atoms with Crippen molar-refractivity contribution in [2.24, 2.45) is 14.1 Å². The molecule has 0 fully saturated rings. The molecule has 1 aromatic carbocycles. The van der Waals surface area contributed by atoms with Crippen LogP contribution in [0.3, 0.4) is 0 Å². The number of fused-ring (bicyclic) bond motifs is 1. The van der Waals surface area contributed by atoms with E-state index in [0.29, 0.717) is 27.4 Å². The van der Waals surface area contributed by atoms with Crippen molar-refractivity contribution >= 4 is 34.4 Å². The summed E-state index contributed by atoms with van der Waals surface area (Å²) in [5, 5.41) is 3.19. The van der Waals surface area contributed by atoms with Crippen LogP contribution in [-0.2, 0) is 18.9 Å². The maximum absolute atomic E-state index is 12.9. The normalized spacial score (nSPS) is 11.1. The van der Waals surface area contributed by atoms with Crippen LogP contribution in [0.15, 0.2) is 44.9 Å². The molecule has 0 radical (unpaired) electrons. The third-order valence-corrected chi connectivity index (χ3v) is 5.91. The summed E-state index contributed by atoms with van der Waals surface area (Å²) in [7, 11) is 4.58. The first-order valence-corrected chi connectivity index (χ1v) is 10.4. The maximum Gasteiger partial charge on any atom is 0.332 e. The van der Waals surface area contributed by atoms with Gasteiger partial charge in [-0.25, -0.2) is 9.78 Å². The van der Waals surface area contributed by atoms with Gasteiger partial charge in [0.05, 0.1) is 18.2 Å². The van der Waals surface area contributed by atoms with Crippen molar-refractivity contribution in [3.8, 4) is 5.75 Å². The van der Waals surface area contributed by atoms with Crippen LogP contribution < -0.4 is 21.3 Å². The molecule has 0 aliphatic heterocycles. The molecule has 3 aromatic rings. The zero-order valence-electron chi connectivity index (χ0n) is 17.6. The third-order valence-electron chi connectivity index (χ3n) is 4.77. The number of ether oxygens (including phenoxy) is 1. The lowest BCUT2D eigenvalue weighted by Gasteiger charge is -2.16. The number of carbonyl (C=O) groups is 1. The van der Waals surface area contributed by atoms with Crippen LogP contribution in [0.1, 0.15) is 25.3 Å². The Morgan fingerprint density at radius 3 is 2.63 bits per heavy atom. The number of amides is 1. The van der Waals surface area contributed by atoms with Crippen LogP contribution in [0.2, 0.25) is 0 Å². The van der Waals surface area contributed by atoms with Crippen LogP contribution in [0.25, 0.3) is 11.0 Å². The van der Waals surface area contributed by atoms with Crippen LogP contribution in [0, 0.1) is 0 Å². The minimum Gasteiger partial charge on any atom is -0.497 e. The Morgan fingerprint density at radius 1 is 1.23 bits per heavy atom. The molecule has 30 heavy (non-hydrogen) atoms. The van der Waals surface area contributed by atoms with Gasteiger partial charge in [-0.1, -0.05) is 19.9 Å². The molecule has 158 valence electrons. The fraction of sp³-hybridized carbons (Fsp3) is 0.333. The topological polar surface area (TPSA) is 95.2 Å². The second-order valence-electron chi connectivity index (χ2n) is 7.17. The predicted octanol–water partition coefficient (Wildman–Crippen LogP) is 2.50. The number of thioether (sulfide) groups is 1. The third kappa shape index (κ3) is 4.11. The molecule has 0 atom stereocenters. The van der Waals surface area contributed by atoms with Crippen molar-refractivity contribution < 1.29 is 9.53 Å². The summed E-state index contributed by atoms with van der Waals surface area (Å²) in [5.41, 5.74) is 0.936. The highest BCUT2D eigenvalue weighted by molar-refractivity contribution is 8.00. The number of aryl methyl sites for hydroxylation is 1. The molecule has 0 saturated carbocycles. The van der Waals surface area contributed by atoms with Crippen LogP contribution in [-0.4, -0.2) is 32.9 Å². The standard InChI is InChI=1S/C21H24N4O4S/c1-12(2)15-10-22-19-17(20(27)25(4)21(28)24(19)3)18(15)30-11-16(26)23-13-7-6-8-14(9-13)29-5/h6-10,12H,11H2,1-5H3,(H,23,26). The van der Waals surface area contributed by atoms with E-state index in [1.54, 1.807) is 44.6 Å². The van der Waals surface area contributed by atoms with E-state index in [4.69, 9.17) is 4.74 Å². The highest BCUT2D eigenvalue weighted by atomic mass is 32.2. The van der Waals surface area contributed by atoms with Crippen molar-refractivity contribution in [2.45, 2.75) is 24.7 Å². The summed E-state index contributed by atoms with van der Waals surface area (Å²) in [6, 6.07) is 7.09. The summed E-state index contributed by atoms with van der Waals surface area (Å²) in [4.78, 5) is 42.7. The van der Waals surface area contributed by atoms with Crippen molar-refractivity contribution in [1.29, 1.82) is 0 Å². The largest absolute Gasteiger partial charge is 0.497 e. The zero-order chi connectivity index (χ0) is 22.0. The molecule has 0 aliphatic rings. The quantitative estimate of drug-likeness (QED) is 0.606. The molecular formula is C21H24N4O4S. The molecular weight excluding hydrogens is 404 g/mol. The van der Waals surface area contributed by atoms with Crippen LogP contribution >= 0.6 is 11.8 Å². The first-order valence-electron chi connectivity index (χ1n) is 9.40. The average Bonchev–Trinajstić information content (AvgIpc) is 2.73. The molecule has 3 rings (SSSR count). The van der Waals surface area contributed by atoms with Gasteiger partial charge in [0.15, 0.2) is 0 Å². The fourth-order valence-electron chi connectivity index (χ4n) is 3.12. The van der Waals surface area contributed by atoms with E-state index in [1.807, 2.05) is 13.8 Å². The number of aromatic nitrogens is 3. The van der Waals surface area contributed by atoms with Crippen molar-refractivity contribution in [3.63, 3.8) is 0 Å². The molecule has 2 heterocycles. The monoisotopic (exact) mass is 428 g/mol. The number of methoxy groups -OCH3 is 1. The number of carbonyl (C=O) groups excluding carboxylic acids is 1. The molecule has 0 saturated heterocycles. The second kappa shape index (κ2) is 8.74. The first kappa shape index (κ1) is 21.6. The number of benzene rings is 1. The van der Waals surface area contributed by atoms with Crippen molar-refractivity contribution in [2.75, 3.05) is 18.2 Å². The number of hydrogen-bond donors (Lipinski definition) is 1. The van der Waals surface area contributed by atoms with Crippen LogP contribution in [0.4, 0.5) is 5.69 Å². The van der Waals surface area contributed by atoms with Gasteiger partial charge in [-0.15, -0.1) is 11.8 Å². The van der Waals surface area contributed by atoms with Crippen LogP contribution in [0.5, 0.6) is 5.75 Å². The molecule has 0 aliphatic carbocycles. The number of nitrogens with zero attached hydrogens (tertiary/aromatic N) is 3. The number of pyridine rings is 1. The second-order valence-corrected chi connectivity index (χ2v) is 8.16. The summed E-state index contributed by atoms with van der Waals surface area (Å²) in [5.74, 6) is 0.622. The minimum atomic E-state index is -0.441. The van der Waals surface area contributed by atoms with Gasteiger partial charge < -0.3 is 10.1 Å². The first-order chi connectivity index (χ1) is 14.2. The van der Waals surface area contributed by atoms with Gasteiger partial charge in [-0.05, 0) is 23.6 Å². The molecule has 1 amide bonds. The van der Waals surface area contributed by atoms with Gasteiger partial charge in [-0.2, -0.15) is 0 Å². The van der Waals surface area contributed by atoms with Gasteiger partial charge >= 0.3 is 5.69 Å². The van der Waals surface area contributed by atoms with Gasteiger partial charge in [0.2, 0.25) is 5.91 Å². The molecule has 1 N–H and O–H groups in total. The number of nitrogens with one attached hydrogen (secondary N) is 1. The Hall–Kier alpha value is -3.07. The van der Waals surface area contributed by atoms with Crippen molar-refractivity contribution in [1.82, 2.24) is 14.1 Å². The van der Waals surface area contributed by atoms with Gasteiger partial charge in [0, 0.05) is 36.9 Å². The highest BCUT2D eigenvalue weighted by Gasteiger charge is 2.20. The van der Waals surface area contributed by atoms with E-state index in [9.17, 15) is 14.4 Å². The van der Waals surface area contributed by atoms with Gasteiger partial charge in [0.25, 0.3) is 5.56 Å². The zero-order valence-corrected chi connectivity index (χ0v) is 18.4. The summed E-state index contributed by atoms with van der Waals surface area (Å²) in [6.45, 7) is 3.99. The number of rotatable bonds is 6. The lowest BCUT2D eigenvalue weighted by Crippen LogP contribution is -2.37. The Morgan fingerprint density at radius 2 is 1.97 bits per heavy atom. The SMILES string of the molecule is COc1cccc(NC(=O)CSc2c(C(C)C)cnc3c2c(=O)n(C)c(=O)n3C)c1. The molecule has 0 unspecified atom stereocenters. The Kier molecular flexibility index (Phi) is 6.31. The van der Waals surface area contributed by atoms with Crippen molar-refractivity contribution in [3.05, 3.63) is 56.9 Å². The number of hydrogen-bond acceptors (Lipinski definition) is 6. The van der Waals surface area contributed by atoms with Gasteiger partial charge in [0.1, 0.15) is 11.4 Å². The number of anilines is 1. The maximum atomic E-state index is 12.9. The van der Waals surface area contributed by atoms with E-state index >= 15 is 0 Å². The van der Waals surface area contributed by atoms with E-state index in [1.165, 1.54) is 23.4 Å². The summed E-state index contributed by atoms with van der Waals surface area (Å²) < 4.78 is 7.59. The highest BCUT2D eigenvalue weighted by Crippen LogP contribution is 2.32. The van der Waals surface area contributed by atoms with E-state index in [-0.39, 0.29) is 17.6 Å². The molecule has 2 aromatic heterocycles. The molecule has 0 spiro atoms. The minimum absolute atomic E-state index is 0.0905. The summed E-state index contributed by atoms with van der Waals surface area (Å²) >= 11 is 1.27. The van der Waals surface area contributed by atoms with E-state index < -0.39 is 11.2 Å². The average molecular weight is 429 g/mol. The smallest absolute Gasteiger partial charge is 0.332 e. The molecule has 0 bridgehead atoms. The summed E-state index contributed by atoms with van der Waals surface area (Å²) in [6.07, 6.45) is 1.67. The van der Waals surface area contributed by atoms with Gasteiger partial charge in [-0.3, -0.25) is 18.7 Å². The fourth-order valence-corrected chi connectivity index (χ4v) is 4.24.